The Kier molecular flexibility index (Phi) is 39.9. The quantitative estimate of drug-likeness (QED) is 0.0205. The number of unbranched alkanes of at least 4 members (excludes halogenated alkanes) is 31. The second kappa shape index (κ2) is 43.0. The first-order valence-electron chi connectivity index (χ1n) is 28.9. The highest BCUT2D eigenvalue weighted by molar-refractivity contribution is 5.76. The minimum atomic E-state index is -1.78. The molecule has 14 nitrogen and oxygen atoms in total. The molecule has 0 aromatic carbocycles. The highest BCUT2D eigenvalue weighted by Gasteiger charge is 2.51. The Balaban J connectivity index is 1.60. The molecule has 2 heterocycles. The number of amides is 1. The largest absolute Gasteiger partial charge is 0.394 e. The molecule has 2 saturated heterocycles. The molecular weight excluding hydrogens is 895 g/mol. The van der Waals surface area contributed by atoms with Crippen molar-refractivity contribution in [2.75, 3.05) is 19.8 Å². The number of rotatable bonds is 46. The molecule has 12 unspecified atom stereocenters. The van der Waals surface area contributed by atoms with Gasteiger partial charge in [-0.2, -0.15) is 0 Å². The van der Waals surface area contributed by atoms with Crippen molar-refractivity contribution in [1.29, 1.82) is 0 Å². The minimum Gasteiger partial charge on any atom is -0.394 e. The number of allylic oxidation sites excluding steroid dienone is 2. The predicted octanol–water partition coefficient (Wildman–Crippen LogP) is 9.11. The van der Waals surface area contributed by atoms with Crippen molar-refractivity contribution in [3.8, 4) is 0 Å². The van der Waals surface area contributed by atoms with Gasteiger partial charge in [-0.25, -0.2) is 0 Å². The van der Waals surface area contributed by atoms with E-state index < -0.39 is 86.8 Å². The van der Waals surface area contributed by atoms with E-state index in [1.54, 1.807) is 0 Å². The molecule has 2 rings (SSSR count). The van der Waals surface area contributed by atoms with E-state index in [1.807, 2.05) is 0 Å². The van der Waals surface area contributed by atoms with Gasteiger partial charge in [0.15, 0.2) is 12.6 Å². The second-order valence-electron chi connectivity index (χ2n) is 20.8. The lowest BCUT2D eigenvalue weighted by atomic mass is 9.97. The van der Waals surface area contributed by atoms with E-state index in [9.17, 15) is 45.6 Å². The summed E-state index contributed by atoms with van der Waals surface area (Å²) in [6.45, 7) is 2.81. The summed E-state index contributed by atoms with van der Waals surface area (Å²) in [7, 11) is 0. The summed E-state index contributed by atoms with van der Waals surface area (Å²) in [5.41, 5.74) is 0. The third-order valence-electron chi connectivity index (χ3n) is 14.5. The van der Waals surface area contributed by atoms with Gasteiger partial charge >= 0.3 is 0 Å². The molecule has 70 heavy (non-hydrogen) atoms. The van der Waals surface area contributed by atoms with Crippen LogP contribution < -0.4 is 5.32 Å². The molecule has 2 aliphatic heterocycles. The molecule has 14 heteroatoms. The summed E-state index contributed by atoms with van der Waals surface area (Å²) in [6.07, 6.45) is 31.3. The number of carbonyl (C=O) groups is 1. The summed E-state index contributed by atoms with van der Waals surface area (Å²) in [5, 5.41) is 86.7. The van der Waals surface area contributed by atoms with E-state index in [2.05, 4.69) is 31.3 Å². The standard InChI is InChI=1S/C56H107NO13/c1-3-5-7-9-11-12-13-14-15-16-17-18-19-20-21-22-23-24-25-26-27-28-29-30-31-32-34-36-38-40-48(61)57-44(45(60)39-37-35-33-10-8-6-4-2)43-67-55-53(66)51(64)54(47(42-59)69-55)70-56-52(65)50(63)49(62)46(41-58)68-56/h16-17,44-47,49-56,58-60,62-66H,3-15,18-43H2,1-2H3,(H,57,61)/b17-16-. The van der Waals surface area contributed by atoms with Crippen LogP contribution in [0.3, 0.4) is 0 Å². The lowest BCUT2D eigenvalue weighted by molar-refractivity contribution is -0.359. The fourth-order valence-electron chi connectivity index (χ4n) is 9.76. The van der Waals surface area contributed by atoms with Crippen molar-refractivity contribution in [3.63, 3.8) is 0 Å². The fraction of sp³-hybridized carbons (Fsp3) is 0.946. The Hall–Kier alpha value is -1.27. The predicted molar refractivity (Wildman–Crippen MR) is 277 cm³/mol. The van der Waals surface area contributed by atoms with Crippen molar-refractivity contribution in [2.24, 2.45) is 0 Å². The van der Waals surface area contributed by atoms with Crippen LogP contribution >= 0.6 is 0 Å². The molecule has 9 N–H and O–H groups in total. The second-order valence-corrected chi connectivity index (χ2v) is 20.8. The zero-order valence-corrected chi connectivity index (χ0v) is 44.3. The smallest absolute Gasteiger partial charge is 0.220 e. The maximum Gasteiger partial charge on any atom is 0.220 e. The van der Waals surface area contributed by atoms with E-state index in [-0.39, 0.29) is 12.5 Å². The van der Waals surface area contributed by atoms with Gasteiger partial charge < -0.3 is 65.1 Å². The third-order valence-corrected chi connectivity index (χ3v) is 14.5. The highest BCUT2D eigenvalue weighted by atomic mass is 16.7. The van der Waals surface area contributed by atoms with Crippen molar-refractivity contribution in [2.45, 2.75) is 319 Å². The molecule has 2 aliphatic rings. The topological polar surface area (TPSA) is 228 Å². The monoisotopic (exact) mass is 1000 g/mol. The Morgan fingerprint density at radius 1 is 0.500 bits per heavy atom. The van der Waals surface area contributed by atoms with Crippen LogP contribution in [-0.4, -0.2) is 140 Å². The first kappa shape index (κ1) is 64.8. The Morgan fingerprint density at radius 3 is 1.36 bits per heavy atom. The van der Waals surface area contributed by atoms with Crippen LogP contribution in [0.1, 0.15) is 245 Å². The third kappa shape index (κ3) is 29.0. The molecule has 0 aromatic heterocycles. The molecule has 12 atom stereocenters. The maximum absolute atomic E-state index is 13.2. The first-order valence-corrected chi connectivity index (χ1v) is 28.9. The van der Waals surface area contributed by atoms with E-state index >= 15 is 0 Å². The molecule has 1 amide bonds. The number of aliphatic hydroxyl groups excluding tert-OH is 8. The molecule has 414 valence electrons. The van der Waals surface area contributed by atoms with Gasteiger partial charge in [0, 0.05) is 6.42 Å². The molecule has 2 fully saturated rings. The summed E-state index contributed by atoms with van der Waals surface area (Å²) >= 11 is 0. The summed E-state index contributed by atoms with van der Waals surface area (Å²) in [4.78, 5) is 13.2. The fourth-order valence-corrected chi connectivity index (χ4v) is 9.76. The number of hydrogen-bond acceptors (Lipinski definition) is 13. The highest BCUT2D eigenvalue weighted by Crippen LogP contribution is 2.30. The Bertz CT molecular complexity index is 1230. The average Bonchev–Trinajstić information content (AvgIpc) is 3.36. The van der Waals surface area contributed by atoms with Gasteiger partial charge in [0.05, 0.1) is 32.0 Å². The van der Waals surface area contributed by atoms with Gasteiger partial charge in [-0.05, 0) is 38.5 Å². The average molecular weight is 1000 g/mol. The van der Waals surface area contributed by atoms with Crippen LogP contribution in [0.15, 0.2) is 12.2 Å². The Labute approximate surface area is 425 Å². The number of ether oxygens (including phenoxy) is 4. The van der Waals surface area contributed by atoms with E-state index in [4.69, 9.17) is 18.9 Å². The number of hydrogen-bond donors (Lipinski definition) is 9. The minimum absolute atomic E-state index is 0.207. The van der Waals surface area contributed by atoms with Gasteiger partial charge in [-0.1, -0.05) is 212 Å². The number of nitrogens with one attached hydrogen (secondary N) is 1. The maximum atomic E-state index is 13.2. The van der Waals surface area contributed by atoms with E-state index in [0.29, 0.717) is 12.8 Å². The van der Waals surface area contributed by atoms with Crippen LogP contribution in [0, 0.1) is 0 Å². The van der Waals surface area contributed by atoms with Crippen molar-refractivity contribution >= 4 is 5.91 Å². The molecule has 0 radical (unpaired) electrons. The van der Waals surface area contributed by atoms with Crippen molar-refractivity contribution in [3.05, 3.63) is 12.2 Å². The van der Waals surface area contributed by atoms with Crippen LogP contribution in [-0.2, 0) is 23.7 Å². The van der Waals surface area contributed by atoms with Gasteiger partial charge in [0.1, 0.15) is 48.8 Å². The SMILES string of the molecule is CCCCCCCCCC/C=C\CCCCCCCCCCCCCCCCCCCC(=O)NC(COC1OC(CO)C(OC2OC(CO)C(O)C(O)C2O)C(O)C1O)C(O)CCCCCCCCC. The summed E-state index contributed by atoms with van der Waals surface area (Å²) in [5.74, 6) is -0.207. The van der Waals surface area contributed by atoms with Gasteiger partial charge in [0.25, 0.3) is 0 Å². The van der Waals surface area contributed by atoms with Crippen molar-refractivity contribution < 1.29 is 64.6 Å². The van der Waals surface area contributed by atoms with Gasteiger partial charge in [0.2, 0.25) is 5.91 Å². The lowest BCUT2D eigenvalue weighted by Crippen LogP contribution is -2.65. The van der Waals surface area contributed by atoms with Crippen LogP contribution in [0.25, 0.3) is 0 Å². The van der Waals surface area contributed by atoms with Gasteiger partial charge in [-0.15, -0.1) is 0 Å². The van der Waals surface area contributed by atoms with Crippen LogP contribution in [0.2, 0.25) is 0 Å². The van der Waals surface area contributed by atoms with Gasteiger partial charge in [-0.3, -0.25) is 4.79 Å². The van der Waals surface area contributed by atoms with E-state index in [1.165, 1.54) is 167 Å². The Morgan fingerprint density at radius 2 is 0.900 bits per heavy atom. The molecule has 0 saturated carbocycles. The van der Waals surface area contributed by atoms with Crippen molar-refractivity contribution in [1.82, 2.24) is 5.32 Å². The number of aliphatic hydroxyl groups is 8. The van der Waals surface area contributed by atoms with Crippen LogP contribution in [0.4, 0.5) is 0 Å². The zero-order valence-electron chi connectivity index (χ0n) is 44.3. The summed E-state index contributed by atoms with van der Waals surface area (Å²) in [6, 6.07) is -0.821. The molecule has 0 spiro atoms. The zero-order chi connectivity index (χ0) is 51.0. The normalized spacial score (nSPS) is 26.0. The molecular formula is C56H107NO13. The molecule has 0 aliphatic carbocycles. The molecule has 0 aromatic rings. The summed E-state index contributed by atoms with van der Waals surface area (Å²) < 4.78 is 22.7. The lowest BCUT2D eigenvalue weighted by Gasteiger charge is -2.46. The number of carbonyl (C=O) groups excluding carboxylic acids is 1. The van der Waals surface area contributed by atoms with Crippen LogP contribution in [0.5, 0.6) is 0 Å². The van der Waals surface area contributed by atoms with E-state index in [0.717, 1.165) is 51.4 Å². The molecule has 0 bridgehead atoms. The first-order chi connectivity index (χ1) is 34.1.